The van der Waals surface area contributed by atoms with Gasteiger partial charge in [-0.15, -0.1) is 0 Å². The van der Waals surface area contributed by atoms with Crippen molar-refractivity contribution in [2.24, 2.45) is 5.73 Å². The monoisotopic (exact) mass is 273 g/mol. The van der Waals surface area contributed by atoms with Gasteiger partial charge >= 0.3 is 5.97 Å². The molecule has 1 unspecified atom stereocenters. The number of carboxylic acid groups (broad SMARTS) is 1. The van der Waals surface area contributed by atoms with Crippen LogP contribution in [0, 0.1) is 0 Å². The summed E-state index contributed by atoms with van der Waals surface area (Å²) in [6.07, 6.45) is 2.05. The molecule has 1 aliphatic heterocycles. The van der Waals surface area contributed by atoms with Crippen LogP contribution in [-0.4, -0.2) is 45.5 Å². The zero-order valence-electron chi connectivity index (χ0n) is 10.8. The van der Waals surface area contributed by atoms with Gasteiger partial charge in [0.2, 0.25) is 0 Å². The second kappa shape index (κ2) is 4.35. The molecule has 1 aromatic heterocycles. The molecule has 2 aromatic rings. The second-order valence-electron chi connectivity index (χ2n) is 5.18. The van der Waals surface area contributed by atoms with E-state index < -0.39 is 11.5 Å². The lowest BCUT2D eigenvalue weighted by Crippen LogP contribution is -2.50. The average Bonchev–Trinajstić information content (AvgIpc) is 3.04. The van der Waals surface area contributed by atoms with E-state index in [0.717, 1.165) is 10.9 Å². The molecule has 104 valence electrons. The zero-order valence-corrected chi connectivity index (χ0v) is 10.8. The number of rotatable bonds is 2. The Kier molecular flexibility index (Phi) is 2.76. The fourth-order valence-electron chi connectivity index (χ4n) is 2.62. The number of aromatic nitrogens is 1. The van der Waals surface area contributed by atoms with Gasteiger partial charge in [0.05, 0.1) is 0 Å². The van der Waals surface area contributed by atoms with E-state index in [1.54, 1.807) is 18.3 Å². The molecule has 1 atom stereocenters. The number of hydrogen-bond acceptors (Lipinski definition) is 3. The molecule has 1 saturated heterocycles. The number of benzene rings is 1. The molecule has 3 rings (SSSR count). The lowest BCUT2D eigenvalue weighted by atomic mass is 10.0. The topological polar surface area (TPSA) is 99.4 Å². The predicted molar refractivity (Wildman–Crippen MR) is 73.4 cm³/mol. The van der Waals surface area contributed by atoms with E-state index in [-0.39, 0.29) is 18.9 Å². The number of amides is 1. The number of aliphatic carboxylic acids is 1. The molecule has 2 heterocycles. The number of hydrogen-bond donors (Lipinski definition) is 3. The number of nitrogens with one attached hydrogen (secondary N) is 1. The van der Waals surface area contributed by atoms with Crippen molar-refractivity contribution in [3.63, 3.8) is 0 Å². The van der Waals surface area contributed by atoms with Crippen molar-refractivity contribution in [3.05, 3.63) is 36.0 Å². The highest BCUT2D eigenvalue weighted by molar-refractivity contribution is 6.06. The summed E-state index contributed by atoms with van der Waals surface area (Å²) in [6, 6.07) is 7.27. The fraction of sp³-hybridized carbons (Fsp3) is 0.286. The van der Waals surface area contributed by atoms with Crippen LogP contribution in [-0.2, 0) is 4.79 Å². The molecule has 6 nitrogen and oxygen atoms in total. The van der Waals surface area contributed by atoms with Gasteiger partial charge in [-0.3, -0.25) is 9.59 Å². The summed E-state index contributed by atoms with van der Waals surface area (Å²) < 4.78 is 0. The summed E-state index contributed by atoms with van der Waals surface area (Å²) >= 11 is 0. The third kappa shape index (κ3) is 1.85. The molecule has 1 amide bonds. The number of aromatic amines is 1. The number of carbonyl (C=O) groups excluding carboxylic acids is 1. The van der Waals surface area contributed by atoms with Crippen molar-refractivity contribution < 1.29 is 14.7 Å². The molecule has 1 aliphatic rings. The molecule has 0 bridgehead atoms. The lowest BCUT2D eigenvalue weighted by Gasteiger charge is -2.20. The van der Waals surface area contributed by atoms with Crippen molar-refractivity contribution >= 4 is 22.8 Å². The maximum Gasteiger partial charge on any atom is 0.325 e. The van der Waals surface area contributed by atoms with Crippen LogP contribution >= 0.6 is 0 Å². The van der Waals surface area contributed by atoms with Crippen molar-refractivity contribution in [3.8, 4) is 0 Å². The SMILES string of the molecule is NC1(C(=O)O)CCN(C(=O)c2cccc3[nH]ccc23)C1. The highest BCUT2D eigenvalue weighted by Crippen LogP contribution is 2.24. The van der Waals surface area contributed by atoms with E-state index in [0.29, 0.717) is 12.1 Å². The Labute approximate surface area is 115 Å². The van der Waals surface area contributed by atoms with Gasteiger partial charge in [0.25, 0.3) is 5.91 Å². The Hall–Kier alpha value is -2.34. The molecule has 20 heavy (non-hydrogen) atoms. The molecule has 1 fully saturated rings. The molecular weight excluding hydrogens is 258 g/mol. The second-order valence-corrected chi connectivity index (χ2v) is 5.18. The molecular formula is C14H15N3O3. The summed E-state index contributed by atoms with van der Waals surface area (Å²) in [7, 11) is 0. The summed E-state index contributed by atoms with van der Waals surface area (Å²) in [5.74, 6) is -1.24. The number of carboxylic acids is 1. The van der Waals surface area contributed by atoms with Crippen LogP contribution in [0.2, 0.25) is 0 Å². The van der Waals surface area contributed by atoms with Gasteiger partial charge in [0, 0.05) is 35.8 Å². The predicted octanol–water partition coefficient (Wildman–Crippen LogP) is 0.796. The highest BCUT2D eigenvalue weighted by atomic mass is 16.4. The molecule has 0 aliphatic carbocycles. The Morgan fingerprint density at radius 2 is 2.15 bits per heavy atom. The number of nitrogens with two attached hydrogens (primary N) is 1. The van der Waals surface area contributed by atoms with Crippen LogP contribution in [0.15, 0.2) is 30.5 Å². The number of likely N-dealkylation sites (tertiary alicyclic amines) is 1. The first-order chi connectivity index (χ1) is 9.51. The molecule has 0 saturated carbocycles. The quantitative estimate of drug-likeness (QED) is 0.753. The Balaban J connectivity index is 1.91. The maximum atomic E-state index is 12.5. The smallest absolute Gasteiger partial charge is 0.325 e. The minimum absolute atomic E-state index is 0.0436. The molecule has 0 spiro atoms. The first-order valence-electron chi connectivity index (χ1n) is 6.39. The van der Waals surface area contributed by atoms with Gasteiger partial charge in [-0.05, 0) is 24.6 Å². The summed E-state index contributed by atoms with van der Waals surface area (Å²) in [5, 5.41) is 9.95. The molecule has 6 heteroatoms. The van der Waals surface area contributed by atoms with Gasteiger partial charge in [-0.1, -0.05) is 6.07 Å². The van der Waals surface area contributed by atoms with Crippen LogP contribution < -0.4 is 5.73 Å². The Morgan fingerprint density at radius 3 is 2.85 bits per heavy atom. The van der Waals surface area contributed by atoms with Gasteiger partial charge in [0.15, 0.2) is 0 Å². The molecule has 4 N–H and O–H groups in total. The third-order valence-electron chi connectivity index (χ3n) is 3.84. The van der Waals surface area contributed by atoms with E-state index in [4.69, 9.17) is 10.8 Å². The van der Waals surface area contributed by atoms with Crippen LogP contribution in [0.4, 0.5) is 0 Å². The third-order valence-corrected chi connectivity index (χ3v) is 3.84. The lowest BCUT2D eigenvalue weighted by molar-refractivity contribution is -0.142. The van der Waals surface area contributed by atoms with Crippen LogP contribution in [0.5, 0.6) is 0 Å². The summed E-state index contributed by atoms with van der Waals surface area (Å²) in [4.78, 5) is 28.2. The highest BCUT2D eigenvalue weighted by Gasteiger charge is 2.43. The number of nitrogens with zero attached hydrogens (tertiary/aromatic N) is 1. The number of fused-ring (bicyclic) bond motifs is 1. The van der Waals surface area contributed by atoms with E-state index in [9.17, 15) is 9.59 Å². The van der Waals surface area contributed by atoms with Gasteiger partial charge in [0.1, 0.15) is 5.54 Å². The maximum absolute atomic E-state index is 12.5. The minimum atomic E-state index is -1.33. The number of carbonyl (C=O) groups is 2. The van der Waals surface area contributed by atoms with Crippen molar-refractivity contribution in [1.82, 2.24) is 9.88 Å². The van der Waals surface area contributed by atoms with E-state index in [1.807, 2.05) is 12.1 Å². The summed E-state index contributed by atoms with van der Waals surface area (Å²) in [5.41, 5.74) is 5.92. The average molecular weight is 273 g/mol. The van der Waals surface area contributed by atoms with Gasteiger partial charge in [-0.2, -0.15) is 0 Å². The van der Waals surface area contributed by atoms with Gasteiger partial charge < -0.3 is 20.7 Å². The zero-order chi connectivity index (χ0) is 14.3. The Bertz CT molecular complexity index is 694. The Morgan fingerprint density at radius 1 is 1.35 bits per heavy atom. The van der Waals surface area contributed by atoms with Crippen molar-refractivity contribution in [2.45, 2.75) is 12.0 Å². The first-order valence-corrected chi connectivity index (χ1v) is 6.39. The molecule has 1 aromatic carbocycles. The standard InChI is InChI=1S/C14H15N3O3/c15-14(13(19)20)5-7-17(8-14)12(18)10-2-1-3-11-9(10)4-6-16-11/h1-4,6,16H,5,7-8,15H2,(H,19,20). The minimum Gasteiger partial charge on any atom is -0.480 e. The van der Waals surface area contributed by atoms with Crippen molar-refractivity contribution in [1.29, 1.82) is 0 Å². The largest absolute Gasteiger partial charge is 0.480 e. The summed E-state index contributed by atoms with van der Waals surface area (Å²) in [6.45, 7) is 0.407. The van der Waals surface area contributed by atoms with Crippen LogP contribution in [0.3, 0.4) is 0 Å². The van der Waals surface area contributed by atoms with E-state index >= 15 is 0 Å². The van der Waals surface area contributed by atoms with Crippen LogP contribution in [0.1, 0.15) is 16.8 Å². The first kappa shape index (κ1) is 12.7. The molecule has 0 radical (unpaired) electrons. The normalized spacial score (nSPS) is 22.4. The van der Waals surface area contributed by atoms with Gasteiger partial charge in [-0.25, -0.2) is 0 Å². The number of H-pyrrole nitrogens is 1. The van der Waals surface area contributed by atoms with Crippen LogP contribution in [0.25, 0.3) is 10.9 Å². The van der Waals surface area contributed by atoms with E-state index in [1.165, 1.54) is 4.90 Å². The van der Waals surface area contributed by atoms with Crippen molar-refractivity contribution in [2.75, 3.05) is 13.1 Å². The fourth-order valence-corrected chi connectivity index (χ4v) is 2.62. The van der Waals surface area contributed by atoms with E-state index in [2.05, 4.69) is 4.98 Å².